The number of rotatable bonds is 4. The summed E-state index contributed by atoms with van der Waals surface area (Å²) in [7, 11) is 0. The molecule has 162 valence electrons. The lowest BCUT2D eigenvalue weighted by Crippen LogP contribution is -2.45. The molecule has 0 unspecified atom stereocenters. The van der Waals surface area contributed by atoms with Crippen LogP contribution in [-0.4, -0.2) is 38.6 Å². The number of thioether (sulfide) groups is 1. The first-order chi connectivity index (χ1) is 13.9. The fourth-order valence-electron chi connectivity index (χ4n) is 3.18. The molecule has 0 fully saturated rings. The van der Waals surface area contributed by atoms with Crippen LogP contribution in [0, 0.1) is 11.7 Å². The molecule has 8 nitrogen and oxygen atoms in total. The van der Waals surface area contributed by atoms with Crippen LogP contribution in [0.5, 0.6) is 0 Å². The maximum atomic E-state index is 14.8. The highest BCUT2D eigenvalue weighted by Crippen LogP contribution is 2.39. The molecule has 0 bridgehead atoms. The normalized spacial score (nSPS) is 17.1. The average molecular weight is 437 g/mol. The van der Waals surface area contributed by atoms with Gasteiger partial charge in [0.05, 0.1) is 11.3 Å². The summed E-state index contributed by atoms with van der Waals surface area (Å²) in [6, 6.07) is 2.85. The first-order valence-electron chi connectivity index (χ1n) is 9.48. The molecule has 1 atom stereocenters. The van der Waals surface area contributed by atoms with Crippen molar-refractivity contribution in [3.05, 3.63) is 23.8 Å². The lowest BCUT2D eigenvalue weighted by Gasteiger charge is -2.28. The minimum Gasteiger partial charge on any atom is -0.465 e. The van der Waals surface area contributed by atoms with Gasteiger partial charge in [-0.15, -0.1) is 22.0 Å². The average Bonchev–Trinajstić information content (AvgIpc) is 3.04. The highest BCUT2D eigenvalue weighted by atomic mass is 32.2. The van der Waals surface area contributed by atoms with E-state index >= 15 is 0 Å². The third kappa shape index (κ3) is 4.92. The van der Waals surface area contributed by atoms with E-state index in [1.165, 1.54) is 23.9 Å². The summed E-state index contributed by atoms with van der Waals surface area (Å²) in [4.78, 5) is 24.3. The van der Waals surface area contributed by atoms with Crippen molar-refractivity contribution < 1.29 is 23.5 Å². The van der Waals surface area contributed by atoms with E-state index in [-0.39, 0.29) is 22.8 Å². The molecule has 1 aromatic heterocycles. The smallest absolute Gasteiger partial charge is 0.405 e. The molecule has 2 heterocycles. The highest BCUT2D eigenvalue weighted by molar-refractivity contribution is 7.99. The lowest BCUT2D eigenvalue weighted by molar-refractivity contribution is -0.119. The van der Waals surface area contributed by atoms with Gasteiger partial charge in [-0.2, -0.15) is 0 Å². The molecule has 0 spiro atoms. The van der Waals surface area contributed by atoms with Gasteiger partial charge in [-0.05, 0) is 32.4 Å². The number of aromatic nitrogens is 2. The summed E-state index contributed by atoms with van der Waals surface area (Å²) in [5.41, 5.74) is -0.581. The second-order valence-electron chi connectivity index (χ2n) is 9.01. The molecule has 0 saturated carbocycles. The number of nitrogens with zero attached hydrogens (tertiary/aromatic N) is 2. The maximum Gasteiger partial charge on any atom is 0.405 e. The van der Waals surface area contributed by atoms with E-state index in [1.54, 1.807) is 13.8 Å². The molecule has 30 heavy (non-hydrogen) atoms. The molecule has 0 radical (unpaired) electrons. The van der Waals surface area contributed by atoms with Crippen molar-refractivity contribution in [2.75, 3.05) is 11.1 Å². The molecule has 1 aromatic carbocycles. The second kappa shape index (κ2) is 7.90. The molecule has 10 heteroatoms. The van der Waals surface area contributed by atoms with Gasteiger partial charge < -0.3 is 20.2 Å². The van der Waals surface area contributed by atoms with Crippen LogP contribution in [0.4, 0.5) is 14.9 Å². The van der Waals surface area contributed by atoms with E-state index in [4.69, 9.17) is 9.52 Å². The van der Waals surface area contributed by atoms with E-state index in [1.807, 2.05) is 20.8 Å². The molecule has 3 rings (SSSR count). The van der Waals surface area contributed by atoms with E-state index in [0.717, 1.165) is 0 Å². The zero-order valence-corrected chi connectivity index (χ0v) is 18.3. The number of fused-ring (bicyclic) bond motifs is 1. The van der Waals surface area contributed by atoms with Crippen LogP contribution < -0.4 is 10.6 Å². The number of carboxylic acid groups (broad SMARTS) is 1. The van der Waals surface area contributed by atoms with Crippen LogP contribution in [0.1, 0.15) is 46.9 Å². The fraction of sp³-hybridized carbons (Fsp3) is 0.500. The summed E-state index contributed by atoms with van der Waals surface area (Å²) < 4.78 is 20.4. The monoisotopic (exact) mass is 436 g/mol. The summed E-state index contributed by atoms with van der Waals surface area (Å²) in [5, 5.41) is 22.2. The molecule has 1 aliphatic heterocycles. The minimum absolute atomic E-state index is 0.0482. The van der Waals surface area contributed by atoms with Crippen molar-refractivity contribution in [2.45, 2.75) is 56.9 Å². The van der Waals surface area contributed by atoms with Crippen molar-refractivity contribution in [1.82, 2.24) is 15.5 Å². The van der Waals surface area contributed by atoms with Gasteiger partial charge in [0.25, 0.3) is 5.89 Å². The van der Waals surface area contributed by atoms with Crippen LogP contribution in [-0.2, 0) is 10.2 Å². The number of anilines is 1. The van der Waals surface area contributed by atoms with E-state index in [9.17, 15) is 14.0 Å². The van der Waals surface area contributed by atoms with E-state index in [0.29, 0.717) is 28.6 Å². The molecule has 1 aliphatic rings. The van der Waals surface area contributed by atoms with Crippen molar-refractivity contribution >= 4 is 29.4 Å². The van der Waals surface area contributed by atoms with Gasteiger partial charge in [0.15, 0.2) is 0 Å². The first kappa shape index (κ1) is 22.1. The molecular weight excluding hydrogens is 411 g/mol. The molecule has 3 N–H and O–H groups in total. The Labute approximate surface area is 178 Å². The minimum atomic E-state index is -1.15. The second-order valence-corrected chi connectivity index (χ2v) is 10.1. The van der Waals surface area contributed by atoms with E-state index in [2.05, 4.69) is 20.8 Å². The van der Waals surface area contributed by atoms with Crippen molar-refractivity contribution in [2.24, 2.45) is 5.92 Å². The van der Waals surface area contributed by atoms with Crippen molar-refractivity contribution in [1.29, 1.82) is 0 Å². The number of carbonyl (C=O) groups is 2. The zero-order valence-electron chi connectivity index (χ0n) is 17.5. The number of nitrogens with one attached hydrogen (secondary N) is 2. The zero-order chi connectivity index (χ0) is 22.3. The molecule has 2 aromatic rings. The maximum absolute atomic E-state index is 14.8. The van der Waals surface area contributed by atoms with Gasteiger partial charge in [-0.3, -0.25) is 4.79 Å². The fourth-order valence-corrected chi connectivity index (χ4v) is 4.28. The van der Waals surface area contributed by atoms with Gasteiger partial charge in [-0.25, -0.2) is 9.18 Å². The number of benzene rings is 1. The largest absolute Gasteiger partial charge is 0.465 e. The Kier molecular flexibility index (Phi) is 5.81. The summed E-state index contributed by atoms with van der Waals surface area (Å²) in [5.74, 6) is -0.389. The van der Waals surface area contributed by atoms with Gasteiger partial charge in [0.1, 0.15) is 5.82 Å². The summed E-state index contributed by atoms with van der Waals surface area (Å²) in [6.07, 6.45) is -0.842. The summed E-state index contributed by atoms with van der Waals surface area (Å²) >= 11 is 1.34. The molecular formula is C20H25FN4O4S. The Balaban J connectivity index is 1.86. The Bertz CT molecular complexity index is 984. The van der Waals surface area contributed by atoms with Gasteiger partial charge in [0, 0.05) is 27.5 Å². The van der Waals surface area contributed by atoms with Crippen LogP contribution in [0.2, 0.25) is 0 Å². The SMILES string of the molecule is CC(C)(C[C@H]1CSc2cc(F)c(-c3nnc(C(C)(C)C)o3)cc2NC1=O)NC(=O)O. The first-order valence-corrected chi connectivity index (χ1v) is 10.5. The predicted molar refractivity (Wildman–Crippen MR) is 111 cm³/mol. The topological polar surface area (TPSA) is 117 Å². The van der Waals surface area contributed by atoms with Crippen LogP contribution in [0.3, 0.4) is 0 Å². The number of hydrogen-bond acceptors (Lipinski definition) is 6. The van der Waals surface area contributed by atoms with Crippen LogP contribution in [0.15, 0.2) is 21.4 Å². The third-order valence-electron chi connectivity index (χ3n) is 4.64. The summed E-state index contributed by atoms with van der Waals surface area (Å²) in [6.45, 7) is 9.18. The predicted octanol–water partition coefficient (Wildman–Crippen LogP) is 4.27. The van der Waals surface area contributed by atoms with Gasteiger partial charge in [0.2, 0.25) is 11.8 Å². The van der Waals surface area contributed by atoms with E-state index < -0.39 is 23.4 Å². The van der Waals surface area contributed by atoms with Gasteiger partial charge >= 0.3 is 6.09 Å². The Hall–Kier alpha value is -2.62. The molecule has 0 aliphatic carbocycles. The number of hydrogen-bond donors (Lipinski definition) is 3. The van der Waals surface area contributed by atoms with Crippen LogP contribution >= 0.6 is 11.8 Å². The Morgan fingerprint density at radius 2 is 2.03 bits per heavy atom. The number of halogens is 1. The lowest BCUT2D eigenvalue weighted by atomic mass is 9.91. The number of amides is 2. The van der Waals surface area contributed by atoms with Crippen molar-refractivity contribution in [3.63, 3.8) is 0 Å². The molecule has 2 amide bonds. The highest BCUT2D eigenvalue weighted by Gasteiger charge is 2.32. The quantitative estimate of drug-likeness (QED) is 0.655. The third-order valence-corrected chi connectivity index (χ3v) is 5.85. The Morgan fingerprint density at radius 1 is 1.33 bits per heavy atom. The Morgan fingerprint density at radius 3 is 2.63 bits per heavy atom. The van der Waals surface area contributed by atoms with Crippen LogP contribution in [0.25, 0.3) is 11.5 Å². The molecule has 0 saturated heterocycles. The van der Waals surface area contributed by atoms with Crippen molar-refractivity contribution in [3.8, 4) is 11.5 Å². The standard InChI is InChI=1S/C20H25FN4O4S/c1-19(2,3)17-25-24-16(29-17)11-6-13-14(7-12(11)21)30-9-10(15(26)22-13)8-20(4,5)23-18(27)28/h6-7,10,23H,8-9H2,1-5H3,(H,22,26)(H,27,28)/t10-/m0/s1. The number of carbonyl (C=O) groups excluding carboxylic acids is 1. The van der Waals surface area contributed by atoms with Gasteiger partial charge in [-0.1, -0.05) is 20.8 Å².